The van der Waals surface area contributed by atoms with Crippen molar-refractivity contribution in [3.8, 4) is 0 Å². The molecule has 0 bridgehead atoms. The number of rotatable bonds is 8. The number of carbonyl (C=O) groups excluding carboxylic acids is 1. The number of carbonyl (C=O) groups is 1. The number of nitrogens with one attached hydrogen (secondary N) is 2. The number of unbranched alkanes of at least 4 members (excludes halogenated alkanes) is 1. The van der Waals surface area contributed by atoms with Gasteiger partial charge < -0.3 is 15.5 Å². The molecule has 1 rings (SSSR count). The average Bonchev–Trinajstić information content (AvgIpc) is 2.39. The summed E-state index contributed by atoms with van der Waals surface area (Å²) in [6.45, 7) is 4.48. The van der Waals surface area contributed by atoms with Crippen molar-refractivity contribution in [2.45, 2.75) is 19.8 Å². The first-order valence-electron chi connectivity index (χ1n) is 6.64. The molecule has 0 aliphatic heterocycles. The second-order valence-electron chi connectivity index (χ2n) is 4.64. The second-order valence-corrected chi connectivity index (χ2v) is 4.64. The van der Waals surface area contributed by atoms with Gasteiger partial charge in [-0.05, 0) is 32.6 Å². The van der Waals surface area contributed by atoms with E-state index in [0.717, 1.165) is 25.9 Å². The fourth-order valence-electron chi connectivity index (χ4n) is 1.42. The molecule has 0 aromatic carbocycles. The molecule has 0 unspecified atom stereocenters. The number of amides is 1. The van der Waals surface area contributed by atoms with Gasteiger partial charge >= 0.3 is 0 Å². The summed E-state index contributed by atoms with van der Waals surface area (Å²) >= 11 is 0. The van der Waals surface area contributed by atoms with Gasteiger partial charge in [0, 0.05) is 19.6 Å². The molecule has 6 nitrogen and oxygen atoms in total. The van der Waals surface area contributed by atoms with Crippen LogP contribution >= 0.6 is 0 Å². The van der Waals surface area contributed by atoms with Crippen LogP contribution in [0.5, 0.6) is 0 Å². The fourth-order valence-corrected chi connectivity index (χ4v) is 1.42. The summed E-state index contributed by atoms with van der Waals surface area (Å²) in [7, 11) is 4.02. The Morgan fingerprint density at radius 2 is 2.05 bits per heavy atom. The van der Waals surface area contributed by atoms with Crippen molar-refractivity contribution in [3.63, 3.8) is 0 Å². The van der Waals surface area contributed by atoms with E-state index >= 15 is 0 Å². The first-order chi connectivity index (χ1) is 9.13. The lowest BCUT2D eigenvalue weighted by atomic mass is 10.3. The molecule has 0 spiro atoms. The molecule has 1 amide bonds. The van der Waals surface area contributed by atoms with E-state index in [4.69, 9.17) is 0 Å². The summed E-state index contributed by atoms with van der Waals surface area (Å²) in [6.07, 6.45) is 2.03. The minimum Gasteiger partial charge on any atom is -0.367 e. The molecule has 2 N–H and O–H groups in total. The lowest BCUT2D eigenvalue weighted by molar-refractivity contribution is 0.0947. The third-order valence-corrected chi connectivity index (χ3v) is 2.58. The van der Waals surface area contributed by atoms with Gasteiger partial charge in [-0.3, -0.25) is 4.79 Å². The Hall–Kier alpha value is -1.69. The zero-order valence-corrected chi connectivity index (χ0v) is 11.9. The fraction of sp³-hybridized carbons (Fsp3) is 0.615. The molecule has 0 aliphatic carbocycles. The standard InChI is InChI=1S/C13H23N5O/c1-4-5-8-15-13(19)11-6-7-12(17-16-11)14-9-10-18(2)3/h6-7H,4-5,8-10H2,1-3H3,(H,14,17)(H,15,19). The van der Waals surface area contributed by atoms with Gasteiger partial charge in [0.1, 0.15) is 5.82 Å². The minimum atomic E-state index is -0.166. The Kier molecular flexibility index (Phi) is 6.81. The van der Waals surface area contributed by atoms with Crippen LogP contribution in [0.15, 0.2) is 12.1 Å². The van der Waals surface area contributed by atoms with Crippen LogP contribution in [0.4, 0.5) is 5.82 Å². The van der Waals surface area contributed by atoms with Crippen molar-refractivity contribution < 1.29 is 4.79 Å². The lowest BCUT2D eigenvalue weighted by Gasteiger charge is -2.10. The predicted octanol–water partition coefficient (Wildman–Crippen LogP) is 0.980. The maximum Gasteiger partial charge on any atom is 0.271 e. The van der Waals surface area contributed by atoms with Crippen LogP contribution in [0, 0.1) is 0 Å². The zero-order chi connectivity index (χ0) is 14.1. The van der Waals surface area contributed by atoms with Gasteiger partial charge in [-0.1, -0.05) is 13.3 Å². The number of aromatic nitrogens is 2. The van der Waals surface area contributed by atoms with E-state index < -0.39 is 0 Å². The molecule has 1 heterocycles. The number of anilines is 1. The van der Waals surface area contributed by atoms with Crippen LogP contribution in [0.2, 0.25) is 0 Å². The second kappa shape index (κ2) is 8.42. The average molecular weight is 265 g/mol. The van der Waals surface area contributed by atoms with Gasteiger partial charge in [0.25, 0.3) is 5.91 Å². The van der Waals surface area contributed by atoms with Crippen LogP contribution in [0.1, 0.15) is 30.3 Å². The highest BCUT2D eigenvalue weighted by atomic mass is 16.1. The van der Waals surface area contributed by atoms with Crippen molar-refractivity contribution in [1.82, 2.24) is 20.4 Å². The molecule has 1 aromatic heterocycles. The Labute approximate surface area is 114 Å². The minimum absolute atomic E-state index is 0.166. The Morgan fingerprint density at radius 1 is 1.26 bits per heavy atom. The number of hydrogen-bond acceptors (Lipinski definition) is 5. The first-order valence-corrected chi connectivity index (χ1v) is 6.64. The maximum atomic E-state index is 11.7. The molecule has 19 heavy (non-hydrogen) atoms. The molecule has 0 atom stereocenters. The molecular weight excluding hydrogens is 242 g/mol. The summed E-state index contributed by atoms with van der Waals surface area (Å²) in [5, 5.41) is 13.9. The highest BCUT2D eigenvalue weighted by Gasteiger charge is 2.06. The SMILES string of the molecule is CCCCNC(=O)c1ccc(NCCN(C)C)nn1. The predicted molar refractivity (Wildman–Crippen MR) is 76.3 cm³/mol. The van der Waals surface area contributed by atoms with Crippen LogP contribution in [-0.4, -0.2) is 54.7 Å². The van der Waals surface area contributed by atoms with Crippen LogP contribution in [-0.2, 0) is 0 Å². The Bertz CT molecular complexity index is 377. The van der Waals surface area contributed by atoms with E-state index in [1.54, 1.807) is 12.1 Å². The Morgan fingerprint density at radius 3 is 2.63 bits per heavy atom. The number of likely N-dealkylation sites (N-methyl/N-ethyl adjacent to an activating group) is 1. The molecule has 1 aromatic rings. The molecule has 6 heteroatoms. The first kappa shape index (κ1) is 15.4. The smallest absolute Gasteiger partial charge is 0.271 e. The topological polar surface area (TPSA) is 70.2 Å². The highest BCUT2D eigenvalue weighted by molar-refractivity contribution is 5.92. The summed E-state index contributed by atoms with van der Waals surface area (Å²) in [6, 6.07) is 3.46. The van der Waals surface area contributed by atoms with Gasteiger partial charge in [0.15, 0.2) is 5.69 Å². The van der Waals surface area contributed by atoms with Crippen molar-refractivity contribution in [2.75, 3.05) is 39.0 Å². The van der Waals surface area contributed by atoms with Crippen molar-refractivity contribution in [2.24, 2.45) is 0 Å². The molecular formula is C13H23N5O. The summed E-state index contributed by atoms with van der Waals surface area (Å²) in [4.78, 5) is 13.8. The summed E-state index contributed by atoms with van der Waals surface area (Å²) < 4.78 is 0. The van der Waals surface area contributed by atoms with E-state index in [2.05, 4.69) is 32.7 Å². The molecule has 0 saturated heterocycles. The van der Waals surface area contributed by atoms with E-state index in [-0.39, 0.29) is 5.91 Å². The molecule has 0 saturated carbocycles. The van der Waals surface area contributed by atoms with Gasteiger partial charge in [-0.2, -0.15) is 0 Å². The van der Waals surface area contributed by atoms with Crippen molar-refractivity contribution in [3.05, 3.63) is 17.8 Å². The summed E-state index contributed by atoms with van der Waals surface area (Å²) in [5.74, 6) is 0.521. The van der Waals surface area contributed by atoms with Crippen LogP contribution < -0.4 is 10.6 Å². The van der Waals surface area contributed by atoms with Crippen molar-refractivity contribution in [1.29, 1.82) is 0 Å². The summed E-state index contributed by atoms with van der Waals surface area (Å²) in [5.41, 5.74) is 0.356. The van der Waals surface area contributed by atoms with Gasteiger partial charge in [-0.25, -0.2) is 0 Å². The Balaban J connectivity index is 2.40. The van der Waals surface area contributed by atoms with E-state index in [9.17, 15) is 4.79 Å². The lowest BCUT2D eigenvalue weighted by Crippen LogP contribution is -2.26. The maximum absolute atomic E-state index is 11.7. The molecule has 106 valence electrons. The zero-order valence-electron chi connectivity index (χ0n) is 11.9. The molecule has 0 radical (unpaired) electrons. The third-order valence-electron chi connectivity index (χ3n) is 2.58. The van der Waals surface area contributed by atoms with E-state index in [1.807, 2.05) is 14.1 Å². The molecule has 0 aliphatic rings. The van der Waals surface area contributed by atoms with E-state index in [1.165, 1.54) is 0 Å². The number of hydrogen-bond donors (Lipinski definition) is 2. The van der Waals surface area contributed by atoms with E-state index in [0.29, 0.717) is 18.1 Å². The monoisotopic (exact) mass is 265 g/mol. The number of nitrogens with zero attached hydrogens (tertiary/aromatic N) is 3. The molecule has 0 fully saturated rings. The van der Waals surface area contributed by atoms with Crippen LogP contribution in [0.3, 0.4) is 0 Å². The van der Waals surface area contributed by atoms with Gasteiger partial charge in [-0.15, -0.1) is 10.2 Å². The van der Waals surface area contributed by atoms with Crippen molar-refractivity contribution >= 4 is 11.7 Å². The largest absolute Gasteiger partial charge is 0.367 e. The third kappa shape index (κ3) is 6.15. The van der Waals surface area contributed by atoms with Gasteiger partial charge in [0.05, 0.1) is 0 Å². The highest BCUT2D eigenvalue weighted by Crippen LogP contribution is 2.01. The van der Waals surface area contributed by atoms with Gasteiger partial charge in [0.2, 0.25) is 0 Å². The quantitative estimate of drug-likeness (QED) is 0.686. The normalized spacial score (nSPS) is 10.5. The van der Waals surface area contributed by atoms with Crippen LogP contribution in [0.25, 0.3) is 0 Å².